The molecular weight excluding hydrogens is 162 g/mol. The van der Waals surface area contributed by atoms with Crippen molar-refractivity contribution in [2.45, 2.75) is 20.0 Å². The number of nitrogens with two attached hydrogens (primary N) is 1. The van der Waals surface area contributed by atoms with Gasteiger partial charge in [-0.1, -0.05) is 0 Å². The van der Waals surface area contributed by atoms with Gasteiger partial charge in [-0.25, -0.2) is 0 Å². The van der Waals surface area contributed by atoms with Crippen molar-refractivity contribution in [3.63, 3.8) is 0 Å². The maximum absolute atomic E-state index is 5.64. The quantitative estimate of drug-likeness (QED) is 0.746. The molecule has 13 heavy (non-hydrogen) atoms. The van der Waals surface area contributed by atoms with E-state index in [4.69, 9.17) is 5.73 Å². The summed E-state index contributed by atoms with van der Waals surface area (Å²) in [6.45, 7) is 4.83. The maximum Gasteiger partial charge on any atom is 0.0352 e. The van der Waals surface area contributed by atoms with E-state index in [0.717, 1.165) is 13.1 Å². The summed E-state index contributed by atoms with van der Waals surface area (Å²) in [6, 6.07) is 4.23. The van der Waals surface area contributed by atoms with Gasteiger partial charge in [-0.2, -0.15) is 0 Å². The van der Waals surface area contributed by atoms with Crippen molar-refractivity contribution < 1.29 is 0 Å². The van der Waals surface area contributed by atoms with Gasteiger partial charge in [0.2, 0.25) is 0 Å². The third-order valence-corrected chi connectivity index (χ3v) is 2.27. The number of rotatable bonds is 4. The first-order valence-electron chi connectivity index (χ1n) is 4.65. The molecule has 0 saturated heterocycles. The second-order valence-electron chi connectivity index (χ2n) is 3.63. The monoisotopic (exact) mass is 181 g/mol. The fraction of sp³-hybridized carbons (Fsp3) is 0.600. The average Bonchev–Trinajstić information content (AvgIpc) is 2.43. The van der Waals surface area contributed by atoms with Gasteiger partial charge in [0, 0.05) is 31.0 Å². The Kier molecular flexibility index (Phi) is 3.51. The van der Waals surface area contributed by atoms with Crippen molar-refractivity contribution in [2.24, 2.45) is 5.73 Å². The third-order valence-electron chi connectivity index (χ3n) is 2.27. The van der Waals surface area contributed by atoms with E-state index in [-0.39, 0.29) is 0 Å². The van der Waals surface area contributed by atoms with Crippen molar-refractivity contribution in [1.29, 1.82) is 0 Å². The summed E-state index contributed by atoms with van der Waals surface area (Å²) in [4.78, 5) is 2.18. The third kappa shape index (κ3) is 2.57. The lowest BCUT2D eigenvalue weighted by atomic mass is 10.4. The number of hydrogen-bond acceptors (Lipinski definition) is 2. The molecule has 3 nitrogen and oxygen atoms in total. The second-order valence-corrected chi connectivity index (χ2v) is 3.63. The molecule has 0 unspecified atom stereocenters. The van der Waals surface area contributed by atoms with Crippen LogP contribution >= 0.6 is 0 Å². The van der Waals surface area contributed by atoms with Crippen LogP contribution in [0.15, 0.2) is 12.1 Å². The first kappa shape index (κ1) is 10.3. The Bertz CT molecular complexity index is 263. The van der Waals surface area contributed by atoms with Gasteiger partial charge in [-0.15, -0.1) is 0 Å². The first-order chi connectivity index (χ1) is 6.15. The van der Waals surface area contributed by atoms with Crippen molar-refractivity contribution in [3.8, 4) is 0 Å². The molecule has 1 aromatic heterocycles. The van der Waals surface area contributed by atoms with Crippen LogP contribution in [0.1, 0.15) is 11.4 Å². The minimum absolute atomic E-state index is 0.626. The van der Waals surface area contributed by atoms with Gasteiger partial charge in [0.05, 0.1) is 0 Å². The van der Waals surface area contributed by atoms with Crippen LogP contribution in [0, 0.1) is 6.92 Å². The predicted molar refractivity (Wildman–Crippen MR) is 55.6 cm³/mol. The summed E-state index contributed by atoms with van der Waals surface area (Å²) in [5, 5.41) is 0. The topological polar surface area (TPSA) is 34.2 Å². The van der Waals surface area contributed by atoms with Gasteiger partial charge in [0.1, 0.15) is 0 Å². The molecule has 0 aliphatic heterocycles. The lowest BCUT2D eigenvalue weighted by Gasteiger charge is -2.14. The zero-order chi connectivity index (χ0) is 9.84. The van der Waals surface area contributed by atoms with Crippen LogP contribution in [0.5, 0.6) is 0 Å². The van der Waals surface area contributed by atoms with E-state index >= 15 is 0 Å². The molecule has 1 rings (SSSR count). The van der Waals surface area contributed by atoms with Gasteiger partial charge in [0.25, 0.3) is 0 Å². The molecule has 0 saturated carbocycles. The Morgan fingerprint density at radius 2 is 2.08 bits per heavy atom. The molecule has 3 heteroatoms. The molecule has 1 heterocycles. The molecule has 0 fully saturated rings. The SMILES string of the molecule is Cc1ccc(CN)n1CCN(C)C. The molecule has 0 aliphatic rings. The molecule has 74 valence electrons. The van der Waals surface area contributed by atoms with Crippen LogP contribution in [-0.2, 0) is 13.1 Å². The van der Waals surface area contributed by atoms with Crippen LogP contribution < -0.4 is 5.73 Å². The van der Waals surface area contributed by atoms with Gasteiger partial charge in [-0.3, -0.25) is 0 Å². The molecular formula is C10H19N3. The van der Waals surface area contributed by atoms with E-state index in [1.54, 1.807) is 0 Å². The van der Waals surface area contributed by atoms with Crippen LogP contribution in [0.3, 0.4) is 0 Å². The lowest BCUT2D eigenvalue weighted by Crippen LogP contribution is -2.20. The van der Waals surface area contributed by atoms with Gasteiger partial charge < -0.3 is 15.2 Å². The van der Waals surface area contributed by atoms with Crippen LogP contribution in [-0.4, -0.2) is 30.1 Å². The molecule has 0 radical (unpaired) electrons. The highest BCUT2D eigenvalue weighted by molar-refractivity contribution is 5.14. The van der Waals surface area contributed by atoms with Crippen molar-refractivity contribution >= 4 is 0 Å². The molecule has 1 aromatic rings. The van der Waals surface area contributed by atoms with Crippen LogP contribution in [0.4, 0.5) is 0 Å². The Morgan fingerprint density at radius 3 is 2.62 bits per heavy atom. The highest BCUT2D eigenvalue weighted by atomic mass is 15.1. The fourth-order valence-electron chi connectivity index (χ4n) is 1.42. The van der Waals surface area contributed by atoms with Crippen molar-refractivity contribution in [3.05, 3.63) is 23.5 Å². The Morgan fingerprint density at radius 1 is 1.38 bits per heavy atom. The van der Waals surface area contributed by atoms with Crippen molar-refractivity contribution in [2.75, 3.05) is 20.6 Å². The predicted octanol–water partition coefficient (Wildman–Crippen LogP) is 0.817. The Balaban J connectivity index is 2.68. The molecule has 0 aromatic carbocycles. The number of hydrogen-bond donors (Lipinski definition) is 1. The standard InChI is InChI=1S/C10H19N3/c1-9-4-5-10(8-11)13(9)7-6-12(2)3/h4-5H,6-8,11H2,1-3H3. The summed E-state index contributed by atoms with van der Waals surface area (Å²) < 4.78 is 2.28. The Hall–Kier alpha value is -0.800. The van der Waals surface area contributed by atoms with E-state index in [1.165, 1.54) is 11.4 Å². The molecule has 0 aliphatic carbocycles. The number of likely N-dealkylation sites (N-methyl/N-ethyl adjacent to an activating group) is 1. The highest BCUT2D eigenvalue weighted by Crippen LogP contribution is 2.07. The summed E-state index contributed by atoms with van der Waals surface area (Å²) in [5.74, 6) is 0. The summed E-state index contributed by atoms with van der Waals surface area (Å²) >= 11 is 0. The highest BCUT2D eigenvalue weighted by Gasteiger charge is 2.02. The van der Waals surface area contributed by atoms with E-state index in [1.807, 2.05) is 0 Å². The zero-order valence-electron chi connectivity index (χ0n) is 8.75. The van der Waals surface area contributed by atoms with Crippen molar-refractivity contribution in [1.82, 2.24) is 9.47 Å². The lowest BCUT2D eigenvalue weighted by molar-refractivity contribution is 0.379. The second kappa shape index (κ2) is 4.44. The first-order valence-corrected chi connectivity index (χ1v) is 4.65. The average molecular weight is 181 g/mol. The van der Waals surface area contributed by atoms with Crippen LogP contribution in [0.2, 0.25) is 0 Å². The van der Waals surface area contributed by atoms with Gasteiger partial charge >= 0.3 is 0 Å². The number of aryl methyl sites for hydroxylation is 1. The number of aromatic nitrogens is 1. The molecule has 0 spiro atoms. The molecule has 0 atom stereocenters. The summed E-state index contributed by atoms with van der Waals surface area (Å²) in [5.41, 5.74) is 8.15. The summed E-state index contributed by atoms with van der Waals surface area (Å²) in [7, 11) is 4.17. The minimum Gasteiger partial charge on any atom is -0.346 e. The van der Waals surface area contributed by atoms with E-state index < -0.39 is 0 Å². The number of nitrogens with zero attached hydrogens (tertiary/aromatic N) is 2. The zero-order valence-corrected chi connectivity index (χ0v) is 8.75. The maximum atomic E-state index is 5.64. The van der Waals surface area contributed by atoms with Crippen LogP contribution in [0.25, 0.3) is 0 Å². The fourth-order valence-corrected chi connectivity index (χ4v) is 1.42. The Labute approximate surface area is 80.1 Å². The van der Waals surface area contributed by atoms with E-state index in [0.29, 0.717) is 6.54 Å². The largest absolute Gasteiger partial charge is 0.346 e. The minimum atomic E-state index is 0.626. The van der Waals surface area contributed by atoms with Gasteiger partial charge in [0.15, 0.2) is 0 Å². The smallest absolute Gasteiger partial charge is 0.0352 e. The van der Waals surface area contributed by atoms with E-state index in [9.17, 15) is 0 Å². The van der Waals surface area contributed by atoms with E-state index in [2.05, 4.69) is 42.6 Å². The summed E-state index contributed by atoms with van der Waals surface area (Å²) in [6.07, 6.45) is 0. The molecule has 0 amide bonds. The normalized spacial score (nSPS) is 11.2. The van der Waals surface area contributed by atoms with Gasteiger partial charge in [-0.05, 0) is 33.2 Å². The molecule has 0 bridgehead atoms. The molecule has 2 N–H and O–H groups in total.